The maximum atomic E-state index is 13.5. The first-order chi connectivity index (χ1) is 13.2. The van der Waals surface area contributed by atoms with E-state index in [1.807, 2.05) is 5.32 Å². The average molecular weight is 415 g/mol. The van der Waals surface area contributed by atoms with E-state index in [9.17, 15) is 31.2 Å². The normalized spacial score (nSPS) is 11.1. The van der Waals surface area contributed by atoms with Crippen molar-refractivity contribution < 1.29 is 31.2 Å². The molecule has 0 atom stereocenters. The van der Waals surface area contributed by atoms with Crippen LogP contribution < -0.4 is 15.4 Å². The second kappa shape index (κ2) is 8.85. The van der Waals surface area contributed by atoms with Crippen LogP contribution in [-0.2, 0) is 14.8 Å². The van der Waals surface area contributed by atoms with Gasteiger partial charge in [-0.15, -0.1) is 0 Å². The van der Waals surface area contributed by atoms with Crippen molar-refractivity contribution in [3.05, 3.63) is 59.4 Å². The zero-order chi connectivity index (χ0) is 20.9. The minimum atomic E-state index is -3.66. The third-order valence-corrected chi connectivity index (χ3v) is 5.04. The lowest BCUT2D eigenvalue weighted by atomic mass is 10.2. The summed E-state index contributed by atoms with van der Waals surface area (Å²) < 4.78 is 65.4. The van der Waals surface area contributed by atoms with E-state index in [0.29, 0.717) is 6.07 Å². The van der Waals surface area contributed by atoms with Crippen molar-refractivity contribution >= 4 is 27.5 Å². The van der Waals surface area contributed by atoms with Gasteiger partial charge >= 0.3 is 0 Å². The molecule has 0 aromatic heterocycles. The summed E-state index contributed by atoms with van der Waals surface area (Å²) in [5.74, 6) is -6.24. The monoisotopic (exact) mass is 415 g/mol. The predicted molar refractivity (Wildman–Crippen MR) is 94.6 cm³/mol. The van der Waals surface area contributed by atoms with Gasteiger partial charge in [-0.05, 0) is 36.4 Å². The van der Waals surface area contributed by atoms with Gasteiger partial charge in [0.05, 0.1) is 17.1 Å². The number of carbonyl (C=O) groups is 2. The highest BCUT2D eigenvalue weighted by Gasteiger charge is 2.17. The Morgan fingerprint density at radius 3 is 2.21 bits per heavy atom. The van der Waals surface area contributed by atoms with E-state index in [1.54, 1.807) is 6.92 Å². The molecule has 0 bridgehead atoms. The highest BCUT2D eigenvalue weighted by molar-refractivity contribution is 7.89. The molecule has 0 unspecified atom stereocenters. The highest BCUT2D eigenvalue weighted by atomic mass is 32.2. The number of anilines is 1. The molecular formula is C17H16F3N3O4S. The molecule has 2 aromatic rings. The number of benzene rings is 2. The van der Waals surface area contributed by atoms with Crippen molar-refractivity contribution in [2.75, 3.05) is 18.4 Å². The first kappa shape index (κ1) is 21.4. The number of hydrogen-bond donors (Lipinski definition) is 3. The van der Waals surface area contributed by atoms with Crippen LogP contribution in [0.1, 0.15) is 17.3 Å². The van der Waals surface area contributed by atoms with Crippen LogP contribution in [0.5, 0.6) is 0 Å². The Hall–Kier alpha value is -2.92. The van der Waals surface area contributed by atoms with Crippen LogP contribution in [-0.4, -0.2) is 33.3 Å². The molecule has 2 amide bonds. The summed E-state index contributed by atoms with van der Waals surface area (Å²) in [6.07, 6.45) is 0. The number of sulfonamides is 1. The fraction of sp³-hybridized carbons (Fsp3) is 0.176. The minimum absolute atomic E-state index is 0.0301. The van der Waals surface area contributed by atoms with E-state index >= 15 is 0 Å². The zero-order valence-corrected chi connectivity index (χ0v) is 15.4. The standard InChI is InChI=1S/C17H16F3N3O4S/c1-2-22-28(26,27)11-5-3-10(4-6-11)17(25)21-9-14(24)23-13-8-7-12(18)15(19)16(13)20/h3-8,22H,2,9H2,1H3,(H,21,25)(H,23,24). The lowest BCUT2D eigenvalue weighted by molar-refractivity contribution is -0.115. The number of carbonyl (C=O) groups excluding carboxylic acids is 2. The molecule has 0 radical (unpaired) electrons. The summed E-state index contributed by atoms with van der Waals surface area (Å²) in [5, 5.41) is 4.25. The van der Waals surface area contributed by atoms with Gasteiger partial charge in [-0.2, -0.15) is 0 Å². The van der Waals surface area contributed by atoms with E-state index in [4.69, 9.17) is 0 Å². The van der Waals surface area contributed by atoms with Crippen LogP contribution in [0, 0.1) is 17.5 Å². The van der Waals surface area contributed by atoms with Crippen LogP contribution in [0.15, 0.2) is 41.3 Å². The Kier molecular flexibility index (Phi) is 6.75. The first-order valence-corrected chi connectivity index (χ1v) is 9.45. The smallest absolute Gasteiger partial charge is 0.251 e. The van der Waals surface area contributed by atoms with Crippen LogP contribution >= 0.6 is 0 Å². The number of rotatable bonds is 7. The van der Waals surface area contributed by atoms with Crippen LogP contribution in [0.2, 0.25) is 0 Å². The molecule has 0 aliphatic rings. The van der Waals surface area contributed by atoms with E-state index in [2.05, 4.69) is 10.0 Å². The molecular weight excluding hydrogens is 399 g/mol. The van der Waals surface area contributed by atoms with Crippen molar-refractivity contribution in [1.82, 2.24) is 10.0 Å². The van der Waals surface area contributed by atoms with Crippen molar-refractivity contribution in [2.24, 2.45) is 0 Å². The quantitative estimate of drug-likeness (QED) is 0.600. The van der Waals surface area contributed by atoms with Crippen LogP contribution in [0.3, 0.4) is 0 Å². The largest absolute Gasteiger partial charge is 0.343 e. The lowest BCUT2D eigenvalue weighted by Gasteiger charge is -2.09. The van der Waals surface area contributed by atoms with Crippen molar-refractivity contribution in [3.63, 3.8) is 0 Å². The third kappa shape index (κ3) is 5.08. The zero-order valence-electron chi connectivity index (χ0n) is 14.6. The molecule has 0 heterocycles. The Labute approximate surface area is 159 Å². The summed E-state index contributed by atoms with van der Waals surface area (Å²) in [6.45, 7) is 1.25. The van der Waals surface area contributed by atoms with Crippen molar-refractivity contribution in [1.29, 1.82) is 0 Å². The van der Waals surface area contributed by atoms with E-state index < -0.39 is 51.5 Å². The average Bonchev–Trinajstić information content (AvgIpc) is 2.66. The Balaban J connectivity index is 1.97. The first-order valence-electron chi connectivity index (χ1n) is 7.97. The summed E-state index contributed by atoms with van der Waals surface area (Å²) in [5.41, 5.74) is -0.488. The Morgan fingerprint density at radius 1 is 0.964 bits per heavy atom. The SMILES string of the molecule is CCNS(=O)(=O)c1ccc(C(=O)NCC(=O)Nc2ccc(F)c(F)c2F)cc1. The summed E-state index contributed by atoms with van der Waals surface area (Å²) >= 11 is 0. The second-order valence-corrected chi connectivity index (χ2v) is 7.25. The van der Waals surface area contributed by atoms with E-state index in [-0.39, 0.29) is 17.0 Å². The van der Waals surface area contributed by atoms with Gasteiger partial charge in [-0.3, -0.25) is 9.59 Å². The molecule has 0 saturated heterocycles. The highest BCUT2D eigenvalue weighted by Crippen LogP contribution is 2.19. The lowest BCUT2D eigenvalue weighted by Crippen LogP contribution is -2.33. The maximum Gasteiger partial charge on any atom is 0.251 e. The molecule has 3 N–H and O–H groups in total. The second-order valence-electron chi connectivity index (χ2n) is 5.48. The molecule has 0 aliphatic carbocycles. The number of amides is 2. The maximum absolute atomic E-state index is 13.5. The minimum Gasteiger partial charge on any atom is -0.343 e. The molecule has 28 heavy (non-hydrogen) atoms. The van der Waals surface area contributed by atoms with Crippen molar-refractivity contribution in [3.8, 4) is 0 Å². The molecule has 0 spiro atoms. The van der Waals surface area contributed by atoms with Gasteiger partial charge in [0, 0.05) is 12.1 Å². The summed E-state index contributed by atoms with van der Waals surface area (Å²) in [6, 6.07) is 6.46. The van der Waals surface area contributed by atoms with Gasteiger partial charge in [-0.1, -0.05) is 6.92 Å². The Morgan fingerprint density at radius 2 is 1.61 bits per heavy atom. The molecule has 150 valence electrons. The van der Waals surface area contributed by atoms with Crippen LogP contribution in [0.25, 0.3) is 0 Å². The summed E-state index contributed by atoms with van der Waals surface area (Å²) in [4.78, 5) is 23.7. The topological polar surface area (TPSA) is 104 Å². The van der Waals surface area contributed by atoms with Crippen LogP contribution in [0.4, 0.5) is 18.9 Å². The number of nitrogens with one attached hydrogen (secondary N) is 3. The van der Waals surface area contributed by atoms with Gasteiger partial charge < -0.3 is 10.6 Å². The fourth-order valence-corrected chi connectivity index (χ4v) is 3.18. The number of hydrogen-bond acceptors (Lipinski definition) is 4. The molecule has 2 aromatic carbocycles. The van der Waals surface area contributed by atoms with Gasteiger partial charge in [0.15, 0.2) is 17.5 Å². The molecule has 2 rings (SSSR count). The summed E-state index contributed by atoms with van der Waals surface area (Å²) in [7, 11) is -3.66. The van der Waals surface area contributed by atoms with Gasteiger partial charge in [0.25, 0.3) is 5.91 Å². The molecule has 0 fully saturated rings. The Bertz CT molecular complexity index is 995. The third-order valence-electron chi connectivity index (χ3n) is 3.48. The number of halogens is 3. The van der Waals surface area contributed by atoms with Gasteiger partial charge in [0.1, 0.15) is 0 Å². The predicted octanol–water partition coefficient (Wildman–Crippen LogP) is 1.77. The van der Waals surface area contributed by atoms with Gasteiger partial charge in [-0.25, -0.2) is 26.3 Å². The fourth-order valence-electron chi connectivity index (χ4n) is 2.14. The molecule has 0 saturated carbocycles. The molecule has 11 heteroatoms. The van der Waals surface area contributed by atoms with E-state index in [1.165, 1.54) is 24.3 Å². The van der Waals surface area contributed by atoms with E-state index in [0.717, 1.165) is 6.07 Å². The van der Waals surface area contributed by atoms with Crippen molar-refractivity contribution in [2.45, 2.75) is 11.8 Å². The van der Waals surface area contributed by atoms with Gasteiger partial charge in [0.2, 0.25) is 15.9 Å². The molecule has 7 nitrogen and oxygen atoms in total. The molecule has 0 aliphatic heterocycles.